The molecule has 1 N–H and O–H groups in total. The number of ketones is 1. The Labute approximate surface area is 160 Å². The summed E-state index contributed by atoms with van der Waals surface area (Å²) >= 11 is 21.9. The Morgan fingerprint density at radius 2 is 1.71 bits per heavy atom. The Balaban J connectivity index is 2.09. The monoisotopic (exact) mass is 400 g/mol. The van der Waals surface area contributed by atoms with Gasteiger partial charge in [-0.1, -0.05) is 53.0 Å². The van der Waals surface area contributed by atoms with Crippen molar-refractivity contribution in [2.75, 3.05) is 5.75 Å². The van der Waals surface area contributed by atoms with Gasteiger partial charge in [-0.25, -0.2) is 0 Å². The van der Waals surface area contributed by atoms with Gasteiger partial charge in [0.15, 0.2) is 5.78 Å². The second-order valence-electron chi connectivity index (χ2n) is 4.93. The van der Waals surface area contributed by atoms with E-state index < -0.39 is 11.9 Å². The normalized spacial score (nSPS) is 11.8. The standard InChI is InChI=1S/C17H13Cl3NO2S/c18-12-5-11(6-13(19)8-12)17(23)21-15(9-24)16(22)7-10-3-1-2-4-14(10)20/h1-8,15,24H,9H2,(H,21,23)/t15-/m1/s1. The van der Waals surface area contributed by atoms with Gasteiger partial charge in [0.05, 0.1) is 12.5 Å². The number of carbonyl (C=O) groups is 2. The van der Waals surface area contributed by atoms with Gasteiger partial charge in [0.2, 0.25) is 0 Å². The fourth-order valence-electron chi connectivity index (χ4n) is 1.98. The van der Waals surface area contributed by atoms with Crippen LogP contribution in [-0.2, 0) is 4.79 Å². The van der Waals surface area contributed by atoms with E-state index in [0.29, 0.717) is 20.6 Å². The smallest absolute Gasteiger partial charge is 0.251 e. The van der Waals surface area contributed by atoms with Crippen molar-refractivity contribution in [2.24, 2.45) is 0 Å². The van der Waals surface area contributed by atoms with E-state index in [1.807, 2.05) is 0 Å². The van der Waals surface area contributed by atoms with Gasteiger partial charge in [-0.3, -0.25) is 9.59 Å². The van der Waals surface area contributed by atoms with E-state index in [1.54, 1.807) is 24.3 Å². The minimum absolute atomic E-state index is 0.139. The molecule has 2 aromatic carbocycles. The Kier molecular flexibility index (Phi) is 6.99. The number of rotatable bonds is 6. The van der Waals surface area contributed by atoms with Crippen LogP contribution in [0.3, 0.4) is 0 Å². The molecule has 0 aliphatic heterocycles. The zero-order valence-electron chi connectivity index (χ0n) is 12.3. The van der Waals surface area contributed by atoms with Gasteiger partial charge in [0.25, 0.3) is 5.91 Å². The molecule has 0 spiro atoms. The molecular formula is C17H13Cl3NO2S. The van der Waals surface area contributed by atoms with Gasteiger partial charge in [-0.15, -0.1) is 0 Å². The van der Waals surface area contributed by atoms with Crippen LogP contribution < -0.4 is 5.32 Å². The quantitative estimate of drug-likeness (QED) is 0.700. The molecule has 125 valence electrons. The highest BCUT2D eigenvalue weighted by molar-refractivity contribution is 7.80. The molecule has 2 rings (SSSR count). The molecule has 0 heterocycles. The fourth-order valence-corrected chi connectivity index (χ4v) is 2.97. The van der Waals surface area contributed by atoms with Gasteiger partial charge in [-0.05, 0) is 29.8 Å². The number of thiol groups is 1. The molecule has 0 saturated heterocycles. The summed E-state index contributed by atoms with van der Waals surface area (Å²) in [5, 5.41) is 3.75. The lowest BCUT2D eigenvalue weighted by atomic mass is 10.0. The number of benzene rings is 2. The fraction of sp³-hybridized carbons (Fsp3) is 0.118. The molecule has 0 saturated carbocycles. The molecule has 1 amide bonds. The topological polar surface area (TPSA) is 46.2 Å². The largest absolute Gasteiger partial charge is 0.341 e. The van der Waals surface area contributed by atoms with Crippen LogP contribution in [-0.4, -0.2) is 23.5 Å². The summed E-state index contributed by atoms with van der Waals surface area (Å²) in [6.45, 7) is 0. The molecule has 7 heteroatoms. The van der Waals surface area contributed by atoms with Crippen LogP contribution in [0, 0.1) is 6.42 Å². The van der Waals surface area contributed by atoms with Gasteiger partial charge in [0.1, 0.15) is 0 Å². The molecule has 2 aromatic rings. The maximum Gasteiger partial charge on any atom is 0.251 e. The van der Waals surface area contributed by atoms with Gasteiger partial charge < -0.3 is 5.32 Å². The lowest BCUT2D eigenvalue weighted by Gasteiger charge is -2.16. The Morgan fingerprint density at radius 3 is 2.29 bits per heavy atom. The highest BCUT2D eigenvalue weighted by Crippen LogP contribution is 2.20. The van der Waals surface area contributed by atoms with Crippen LogP contribution >= 0.6 is 47.4 Å². The van der Waals surface area contributed by atoms with Crippen molar-refractivity contribution in [3.63, 3.8) is 0 Å². The molecule has 0 bridgehead atoms. The summed E-state index contributed by atoms with van der Waals surface area (Å²) in [6.07, 6.45) is 1.38. The molecule has 3 nitrogen and oxygen atoms in total. The molecule has 0 fully saturated rings. The maximum absolute atomic E-state index is 12.4. The molecule has 0 unspecified atom stereocenters. The summed E-state index contributed by atoms with van der Waals surface area (Å²) < 4.78 is 0. The SMILES string of the molecule is O=C(N[C@H](CS)C(=O)[CH]c1ccccc1Cl)c1cc(Cl)cc(Cl)c1. The lowest BCUT2D eigenvalue weighted by molar-refractivity contribution is -0.116. The van der Waals surface area contributed by atoms with Crippen LogP contribution in [0.4, 0.5) is 0 Å². The van der Waals surface area contributed by atoms with Crippen molar-refractivity contribution in [2.45, 2.75) is 6.04 Å². The summed E-state index contributed by atoms with van der Waals surface area (Å²) in [4.78, 5) is 24.7. The van der Waals surface area contributed by atoms with Crippen LogP contribution in [0.15, 0.2) is 42.5 Å². The number of carbonyl (C=O) groups excluding carboxylic acids is 2. The van der Waals surface area contributed by atoms with Gasteiger partial charge in [-0.2, -0.15) is 12.6 Å². The number of halogens is 3. The second-order valence-corrected chi connectivity index (χ2v) is 6.58. The summed E-state index contributed by atoms with van der Waals surface area (Å²) in [6, 6.07) is 10.6. The molecule has 1 radical (unpaired) electrons. The van der Waals surface area contributed by atoms with Crippen molar-refractivity contribution < 1.29 is 9.59 Å². The van der Waals surface area contributed by atoms with Crippen molar-refractivity contribution in [1.29, 1.82) is 0 Å². The minimum atomic E-state index is -0.796. The van der Waals surface area contributed by atoms with E-state index >= 15 is 0 Å². The Bertz CT molecular complexity index is 747. The average molecular weight is 402 g/mol. The summed E-state index contributed by atoms with van der Waals surface area (Å²) in [5.41, 5.74) is 0.848. The van der Waals surface area contributed by atoms with E-state index in [4.69, 9.17) is 34.8 Å². The first-order valence-corrected chi connectivity index (χ1v) is 8.68. The van der Waals surface area contributed by atoms with Gasteiger partial charge >= 0.3 is 0 Å². The third-order valence-electron chi connectivity index (χ3n) is 3.16. The molecule has 0 aliphatic carbocycles. The lowest BCUT2D eigenvalue weighted by Crippen LogP contribution is -2.42. The molecule has 0 aliphatic rings. The predicted octanol–water partition coefficient (Wildman–Crippen LogP) is 4.50. The number of hydrogen-bond donors (Lipinski definition) is 2. The highest BCUT2D eigenvalue weighted by Gasteiger charge is 2.21. The predicted molar refractivity (Wildman–Crippen MR) is 101 cm³/mol. The third kappa shape index (κ3) is 5.15. The number of Topliss-reactive ketones (excluding diaryl/α,β-unsaturated/α-hetero) is 1. The van der Waals surface area contributed by atoms with Crippen molar-refractivity contribution >= 4 is 59.1 Å². The van der Waals surface area contributed by atoms with Crippen molar-refractivity contribution in [3.05, 3.63) is 75.1 Å². The van der Waals surface area contributed by atoms with Crippen molar-refractivity contribution in [3.8, 4) is 0 Å². The summed E-state index contributed by atoms with van der Waals surface area (Å²) in [5.74, 6) is -0.626. The first kappa shape index (κ1) is 19.1. The molecule has 24 heavy (non-hydrogen) atoms. The number of amides is 1. The van der Waals surface area contributed by atoms with Gasteiger partial charge in [0, 0.05) is 26.4 Å². The third-order valence-corrected chi connectivity index (χ3v) is 4.30. The highest BCUT2D eigenvalue weighted by atomic mass is 35.5. The van der Waals surface area contributed by atoms with E-state index in [0.717, 1.165) is 0 Å². The molecule has 0 aromatic heterocycles. The van der Waals surface area contributed by atoms with Crippen LogP contribution in [0.5, 0.6) is 0 Å². The Morgan fingerprint density at radius 1 is 1.08 bits per heavy atom. The van der Waals surface area contributed by atoms with Crippen LogP contribution in [0.25, 0.3) is 0 Å². The zero-order chi connectivity index (χ0) is 17.7. The number of nitrogens with one attached hydrogen (secondary N) is 1. The maximum atomic E-state index is 12.4. The van der Waals surface area contributed by atoms with E-state index in [2.05, 4.69) is 17.9 Å². The van der Waals surface area contributed by atoms with E-state index in [1.165, 1.54) is 24.6 Å². The van der Waals surface area contributed by atoms with Crippen LogP contribution in [0.2, 0.25) is 15.1 Å². The summed E-state index contributed by atoms with van der Waals surface area (Å²) in [7, 11) is 0. The average Bonchev–Trinajstić information content (AvgIpc) is 2.53. The molecule has 1 atom stereocenters. The number of hydrogen-bond acceptors (Lipinski definition) is 3. The first-order chi connectivity index (χ1) is 11.4. The van der Waals surface area contributed by atoms with Crippen molar-refractivity contribution in [1.82, 2.24) is 5.32 Å². The minimum Gasteiger partial charge on any atom is -0.341 e. The second kappa shape index (κ2) is 8.77. The zero-order valence-corrected chi connectivity index (χ0v) is 15.5. The van der Waals surface area contributed by atoms with E-state index in [-0.39, 0.29) is 17.1 Å². The van der Waals surface area contributed by atoms with Crippen LogP contribution in [0.1, 0.15) is 15.9 Å². The molecular weight excluding hydrogens is 389 g/mol. The first-order valence-electron chi connectivity index (χ1n) is 6.91. The van der Waals surface area contributed by atoms with E-state index in [9.17, 15) is 9.59 Å². The Hall–Kier alpha value is -1.20.